The third-order valence-corrected chi connectivity index (χ3v) is 4.89. The van der Waals surface area contributed by atoms with E-state index in [0.717, 1.165) is 49.4 Å². The van der Waals surface area contributed by atoms with E-state index >= 15 is 0 Å². The van der Waals surface area contributed by atoms with E-state index in [1.807, 2.05) is 31.6 Å². The fourth-order valence-corrected chi connectivity index (χ4v) is 3.60. The molecule has 0 bridgehead atoms. The summed E-state index contributed by atoms with van der Waals surface area (Å²) in [6.07, 6.45) is 7.94. The standard InChI is InChI=1S/C20H22N4/c1-15-12-21-13-19(23-15)16-7-10-24(11-8-16)14-18-5-2-4-17-6-3-9-22-20(17)18/h2-6,9,12-13,16H,7-8,10-11,14H2,1H3. The van der Waals surface area contributed by atoms with Crippen LogP contribution in [-0.2, 0) is 6.54 Å². The Bertz CT molecular complexity index is 832. The lowest BCUT2D eigenvalue weighted by molar-refractivity contribution is 0.203. The Morgan fingerprint density at radius 1 is 1.08 bits per heavy atom. The molecule has 0 radical (unpaired) electrons. The van der Waals surface area contributed by atoms with Crippen LogP contribution in [0.5, 0.6) is 0 Å². The molecule has 4 rings (SSSR count). The fraction of sp³-hybridized carbons (Fsp3) is 0.350. The Kier molecular flexibility index (Phi) is 4.22. The van der Waals surface area contributed by atoms with Crippen LogP contribution in [0.3, 0.4) is 0 Å². The highest BCUT2D eigenvalue weighted by Gasteiger charge is 2.22. The predicted octanol–water partition coefficient (Wildman–Crippen LogP) is 3.71. The van der Waals surface area contributed by atoms with Gasteiger partial charge in [0, 0.05) is 36.4 Å². The molecule has 4 nitrogen and oxygen atoms in total. The van der Waals surface area contributed by atoms with Crippen LogP contribution >= 0.6 is 0 Å². The van der Waals surface area contributed by atoms with E-state index in [0.29, 0.717) is 5.92 Å². The molecular weight excluding hydrogens is 296 g/mol. The van der Waals surface area contributed by atoms with E-state index in [1.54, 1.807) is 0 Å². The number of nitrogens with zero attached hydrogens (tertiary/aromatic N) is 4. The molecular formula is C20H22N4. The third-order valence-electron chi connectivity index (χ3n) is 4.89. The molecule has 0 amide bonds. The summed E-state index contributed by atoms with van der Waals surface area (Å²) in [6, 6.07) is 10.6. The van der Waals surface area contributed by atoms with Gasteiger partial charge in [0.15, 0.2) is 0 Å². The van der Waals surface area contributed by atoms with Crippen LogP contribution in [0, 0.1) is 6.92 Å². The van der Waals surface area contributed by atoms with Crippen molar-refractivity contribution in [1.82, 2.24) is 19.9 Å². The van der Waals surface area contributed by atoms with Gasteiger partial charge in [-0.3, -0.25) is 19.9 Å². The lowest BCUT2D eigenvalue weighted by Crippen LogP contribution is -2.32. The number of pyridine rings is 1. The lowest BCUT2D eigenvalue weighted by atomic mass is 9.93. The topological polar surface area (TPSA) is 41.9 Å². The van der Waals surface area contributed by atoms with E-state index in [1.165, 1.54) is 10.9 Å². The van der Waals surface area contributed by atoms with Gasteiger partial charge in [0.25, 0.3) is 0 Å². The molecule has 0 aliphatic carbocycles. The molecule has 0 N–H and O–H groups in total. The molecule has 0 atom stereocenters. The molecule has 0 saturated carbocycles. The number of likely N-dealkylation sites (tertiary alicyclic amines) is 1. The molecule has 2 aromatic heterocycles. The van der Waals surface area contributed by atoms with Crippen molar-refractivity contribution in [2.75, 3.05) is 13.1 Å². The normalized spacial score (nSPS) is 16.5. The molecule has 1 saturated heterocycles. The molecule has 122 valence electrons. The Morgan fingerprint density at radius 2 is 1.92 bits per heavy atom. The van der Waals surface area contributed by atoms with Crippen LogP contribution in [0.15, 0.2) is 48.9 Å². The van der Waals surface area contributed by atoms with Crippen molar-refractivity contribution in [3.63, 3.8) is 0 Å². The average Bonchev–Trinajstić information content (AvgIpc) is 2.63. The van der Waals surface area contributed by atoms with Crippen LogP contribution in [0.1, 0.15) is 35.7 Å². The summed E-state index contributed by atoms with van der Waals surface area (Å²) in [6.45, 7) is 5.19. The second-order valence-electron chi connectivity index (χ2n) is 6.63. The molecule has 24 heavy (non-hydrogen) atoms. The highest BCUT2D eigenvalue weighted by atomic mass is 15.1. The maximum atomic E-state index is 4.66. The summed E-state index contributed by atoms with van der Waals surface area (Å²) in [5.74, 6) is 0.541. The first-order chi connectivity index (χ1) is 11.8. The maximum Gasteiger partial charge on any atom is 0.0746 e. The predicted molar refractivity (Wildman–Crippen MR) is 95.8 cm³/mol. The Morgan fingerprint density at radius 3 is 2.75 bits per heavy atom. The second kappa shape index (κ2) is 6.65. The van der Waals surface area contributed by atoms with E-state index in [2.05, 4.69) is 44.1 Å². The van der Waals surface area contributed by atoms with Gasteiger partial charge in [-0.2, -0.15) is 0 Å². The van der Waals surface area contributed by atoms with Gasteiger partial charge < -0.3 is 0 Å². The summed E-state index contributed by atoms with van der Waals surface area (Å²) in [5, 5.41) is 1.22. The number of fused-ring (bicyclic) bond motifs is 1. The number of aromatic nitrogens is 3. The summed E-state index contributed by atoms with van der Waals surface area (Å²) >= 11 is 0. The molecule has 4 heteroatoms. The van der Waals surface area contributed by atoms with Crippen molar-refractivity contribution in [3.8, 4) is 0 Å². The van der Waals surface area contributed by atoms with Gasteiger partial charge in [-0.15, -0.1) is 0 Å². The van der Waals surface area contributed by atoms with Crippen LogP contribution < -0.4 is 0 Å². The van der Waals surface area contributed by atoms with Crippen molar-refractivity contribution in [3.05, 3.63) is 65.9 Å². The summed E-state index contributed by atoms with van der Waals surface area (Å²) in [4.78, 5) is 16.1. The maximum absolute atomic E-state index is 4.66. The minimum Gasteiger partial charge on any atom is -0.299 e. The van der Waals surface area contributed by atoms with Gasteiger partial charge in [0.2, 0.25) is 0 Å². The van der Waals surface area contributed by atoms with E-state index < -0.39 is 0 Å². The Labute approximate surface area is 142 Å². The number of aryl methyl sites for hydroxylation is 1. The zero-order valence-corrected chi connectivity index (χ0v) is 14.0. The zero-order chi connectivity index (χ0) is 16.4. The number of para-hydroxylation sites is 1. The SMILES string of the molecule is Cc1cncc(C2CCN(Cc3cccc4cccnc34)CC2)n1. The molecule has 1 aliphatic heterocycles. The molecule has 1 aliphatic rings. The second-order valence-corrected chi connectivity index (χ2v) is 6.63. The summed E-state index contributed by atoms with van der Waals surface area (Å²) in [5.41, 5.74) is 4.62. The molecule has 0 unspecified atom stereocenters. The van der Waals surface area contributed by atoms with Crippen molar-refractivity contribution < 1.29 is 0 Å². The van der Waals surface area contributed by atoms with Crippen molar-refractivity contribution in [2.24, 2.45) is 0 Å². The summed E-state index contributed by atoms with van der Waals surface area (Å²) in [7, 11) is 0. The van der Waals surface area contributed by atoms with Crippen LogP contribution in [0.25, 0.3) is 10.9 Å². The van der Waals surface area contributed by atoms with E-state index in [4.69, 9.17) is 0 Å². The molecule has 0 spiro atoms. The van der Waals surface area contributed by atoms with E-state index in [-0.39, 0.29) is 0 Å². The number of piperidine rings is 1. The van der Waals surface area contributed by atoms with Crippen molar-refractivity contribution in [2.45, 2.75) is 32.2 Å². The number of hydrogen-bond donors (Lipinski definition) is 0. The Hall–Kier alpha value is -2.33. The van der Waals surface area contributed by atoms with Gasteiger partial charge in [-0.25, -0.2) is 0 Å². The fourth-order valence-electron chi connectivity index (χ4n) is 3.60. The van der Waals surface area contributed by atoms with Gasteiger partial charge in [-0.05, 0) is 44.5 Å². The van der Waals surface area contributed by atoms with Gasteiger partial charge in [-0.1, -0.05) is 24.3 Å². The number of hydrogen-bond acceptors (Lipinski definition) is 4. The average molecular weight is 318 g/mol. The molecule has 1 aromatic carbocycles. The van der Waals surface area contributed by atoms with Gasteiger partial charge >= 0.3 is 0 Å². The lowest BCUT2D eigenvalue weighted by Gasteiger charge is -2.31. The first-order valence-corrected chi connectivity index (χ1v) is 8.63. The van der Waals surface area contributed by atoms with Crippen LogP contribution in [-0.4, -0.2) is 32.9 Å². The largest absolute Gasteiger partial charge is 0.299 e. The smallest absolute Gasteiger partial charge is 0.0746 e. The van der Waals surface area contributed by atoms with Gasteiger partial charge in [0.1, 0.15) is 0 Å². The monoisotopic (exact) mass is 318 g/mol. The highest BCUT2D eigenvalue weighted by Crippen LogP contribution is 2.28. The first kappa shape index (κ1) is 15.2. The van der Waals surface area contributed by atoms with E-state index in [9.17, 15) is 0 Å². The highest BCUT2D eigenvalue weighted by molar-refractivity contribution is 5.81. The number of benzene rings is 1. The van der Waals surface area contributed by atoms with Crippen molar-refractivity contribution >= 4 is 10.9 Å². The Balaban J connectivity index is 1.44. The minimum atomic E-state index is 0.541. The molecule has 3 heterocycles. The first-order valence-electron chi connectivity index (χ1n) is 8.63. The number of rotatable bonds is 3. The molecule has 3 aromatic rings. The third kappa shape index (κ3) is 3.15. The quantitative estimate of drug-likeness (QED) is 0.738. The van der Waals surface area contributed by atoms with Crippen LogP contribution in [0.4, 0.5) is 0 Å². The minimum absolute atomic E-state index is 0.541. The van der Waals surface area contributed by atoms with Gasteiger partial charge in [0.05, 0.1) is 16.9 Å². The van der Waals surface area contributed by atoms with Crippen LogP contribution in [0.2, 0.25) is 0 Å². The van der Waals surface area contributed by atoms with Crippen molar-refractivity contribution in [1.29, 1.82) is 0 Å². The zero-order valence-electron chi connectivity index (χ0n) is 14.0. The molecule has 1 fully saturated rings. The summed E-state index contributed by atoms with van der Waals surface area (Å²) < 4.78 is 0.